The Balaban J connectivity index is 1.90. The monoisotopic (exact) mass is 520 g/mol. The molecule has 2 heterocycles. The molecule has 0 unspecified atom stereocenters. The van der Waals surface area contributed by atoms with Crippen molar-refractivity contribution in [1.29, 1.82) is 0 Å². The quantitative estimate of drug-likeness (QED) is 0.346. The van der Waals surface area contributed by atoms with Gasteiger partial charge in [-0.3, -0.25) is 9.55 Å². The molecule has 1 N–H and O–H groups in total. The molecule has 0 saturated carbocycles. The van der Waals surface area contributed by atoms with Crippen molar-refractivity contribution in [2.24, 2.45) is 0 Å². The molecule has 4 aromatic rings. The van der Waals surface area contributed by atoms with Gasteiger partial charge in [0.05, 0.1) is 16.1 Å². The zero-order valence-corrected chi connectivity index (χ0v) is 23.0. The first-order valence-corrected chi connectivity index (χ1v) is 13.5. The van der Waals surface area contributed by atoms with E-state index in [1.807, 2.05) is 51.1 Å². The standard InChI is InChI=1S/C28H32N4O4S/c1-8-31(27(33)34)37(35,36)24-14-9-17(2)15-22(24)20-10-12-21(13-11-20)32-23-16-18(3)29-19(4)25(23)30-26(32)28(5,6)7/h9-16H,8H2,1-7H3,(H,33,34). The lowest BCUT2D eigenvalue weighted by Crippen LogP contribution is -2.35. The maximum absolute atomic E-state index is 13.3. The number of aryl methyl sites for hydroxylation is 3. The number of benzene rings is 2. The first-order valence-electron chi connectivity index (χ1n) is 12.1. The van der Waals surface area contributed by atoms with Gasteiger partial charge in [-0.15, -0.1) is 0 Å². The van der Waals surface area contributed by atoms with Crippen molar-refractivity contribution in [3.8, 4) is 16.8 Å². The highest BCUT2D eigenvalue weighted by Gasteiger charge is 2.30. The highest BCUT2D eigenvalue weighted by molar-refractivity contribution is 7.89. The van der Waals surface area contributed by atoms with Gasteiger partial charge < -0.3 is 5.11 Å². The number of aromatic nitrogens is 3. The number of carbonyl (C=O) groups is 1. The number of hydrogen-bond acceptors (Lipinski definition) is 5. The smallest absolute Gasteiger partial charge is 0.421 e. The van der Waals surface area contributed by atoms with Gasteiger partial charge in [-0.1, -0.05) is 50.6 Å². The first kappa shape index (κ1) is 26.3. The summed E-state index contributed by atoms with van der Waals surface area (Å²) in [5, 5.41) is 9.48. The summed E-state index contributed by atoms with van der Waals surface area (Å²) >= 11 is 0. The number of fused-ring (bicyclic) bond motifs is 1. The molecule has 4 rings (SSSR count). The molecule has 8 nitrogen and oxygen atoms in total. The van der Waals surface area contributed by atoms with E-state index < -0.39 is 16.1 Å². The molecule has 0 aliphatic carbocycles. The van der Waals surface area contributed by atoms with Gasteiger partial charge in [0.15, 0.2) is 0 Å². The van der Waals surface area contributed by atoms with Crippen LogP contribution in [0.2, 0.25) is 0 Å². The zero-order chi connectivity index (χ0) is 27.3. The highest BCUT2D eigenvalue weighted by Crippen LogP contribution is 2.34. The van der Waals surface area contributed by atoms with Crippen LogP contribution in [0.4, 0.5) is 4.79 Å². The van der Waals surface area contributed by atoms with E-state index in [-0.39, 0.29) is 16.9 Å². The Hall–Kier alpha value is -3.72. The molecule has 9 heteroatoms. The summed E-state index contributed by atoms with van der Waals surface area (Å²) in [4.78, 5) is 21.1. The minimum absolute atomic E-state index is 0.0455. The van der Waals surface area contributed by atoms with Crippen molar-refractivity contribution in [2.45, 2.75) is 58.8 Å². The van der Waals surface area contributed by atoms with Crippen LogP contribution in [0.25, 0.3) is 27.8 Å². The average molecular weight is 521 g/mol. The third-order valence-corrected chi connectivity index (χ3v) is 8.16. The molecule has 37 heavy (non-hydrogen) atoms. The summed E-state index contributed by atoms with van der Waals surface area (Å²) in [5.74, 6) is 0.893. The second-order valence-corrected chi connectivity index (χ2v) is 12.1. The Morgan fingerprint density at radius 2 is 1.65 bits per heavy atom. The minimum Gasteiger partial charge on any atom is -0.464 e. The maximum Gasteiger partial charge on any atom is 0.421 e. The van der Waals surface area contributed by atoms with Gasteiger partial charge in [0.1, 0.15) is 11.3 Å². The topological polar surface area (TPSA) is 105 Å². The molecular weight excluding hydrogens is 488 g/mol. The van der Waals surface area contributed by atoms with Crippen LogP contribution in [0.1, 0.15) is 50.5 Å². The predicted molar refractivity (Wildman–Crippen MR) is 145 cm³/mol. The molecule has 0 fully saturated rings. The molecule has 194 valence electrons. The summed E-state index contributed by atoms with van der Waals surface area (Å²) in [6.07, 6.45) is -1.51. The maximum atomic E-state index is 13.3. The average Bonchev–Trinajstić information content (AvgIpc) is 3.19. The van der Waals surface area contributed by atoms with Crippen molar-refractivity contribution < 1.29 is 18.3 Å². The van der Waals surface area contributed by atoms with Gasteiger partial charge in [0.25, 0.3) is 10.0 Å². The normalized spacial score (nSPS) is 12.2. The Labute approximate surface area is 217 Å². The van der Waals surface area contributed by atoms with Crippen molar-refractivity contribution >= 4 is 27.1 Å². The number of imidazole rings is 1. The molecule has 0 radical (unpaired) electrons. The van der Waals surface area contributed by atoms with E-state index in [0.29, 0.717) is 15.4 Å². The van der Waals surface area contributed by atoms with Crippen LogP contribution in [-0.4, -0.2) is 45.0 Å². The van der Waals surface area contributed by atoms with Gasteiger partial charge in [-0.2, -0.15) is 0 Å². The van der Waals surface area contributed by atoms with E-state index in [1.54, 1.807) is 12.1 Å². The minimum atomic E-state index is -4.25. The van der Waals surface area contributed by atoms with Crippen molar-refractivity contribution in [1.82, 2.24) is 18.8 Å². The number of sulfonamides is 1. The van der Waals surface area contributed by atoms with Crippen LogP contribution in [0.5, 0.6) is 0 Å². The summed E-state index contributed by atoms with van der Waals surface area (Å²) in [5.41, 5.74) is 6.21. The zero-order valence-electron chi connectivity index (χ0n) is 22.2. The Morgan fingerprint density at radius 3 is 2.22 bits per heavy atom. The van der Waals surface area contributed by atoms with Crippen molar-refractivity contribution in [2.75, 3.05) is 6.54 Å². The van der Waals surface area contributed by atoms with E-state index in [2.05, 4.69) is 30.3 Å². The number of hydrogen-bond donors (Lipinski definition) is 1. The fourth-order valence-corrected chi connectivity index (χ4v) is 6.03. The van der Waals surface area contributed by atoms with Crippen molar-refractivity contribution in [3.63, 3.8) is 0 Å². The van der Waals surface area contributed by atoms with E-state index in [0.717, 1.165) is 39.5 Å². The molecule has 0 atom stereocenters. The SMILES string of the molecule is CCN(C(=O)O)S(=O)(=O)c1ccc(C)cc1-c1ccc(-n2c(C(C)(C)C)nc3c(C)nc(C)cc32)cc1. The van der Waals surface area contributed by atoms with Gasteiger partial charge >= 0.3 is 6.09 Å². The lowest BCUT2D eigenvalue weighted by molar-refractivity contribution is 0.173. The van der Waals surface area contributed by atoms with Gasteiger partial charge in [-0.05, 0) is 57.5 Å². The fraction of sp³-hybridized carbons (Fsp3) is 0.321. The summed E-state index contributed by atoms with van der Waals surface area (Å²) in [6.45, 7) is 13.4. The summed E-state index contributed by atoms with van der Waals surface area (Å²) < 4.78 is 29.1. The first-order chi connectivity index (χ1) is 17.3. The van der Waals surface area contributed by atoms with Crippen molar-refractivity contribution in [3.05, 3.63) is 71.3 Å². The van der Waals surface area contributed by atoms with Gasteiger partial charge in [0.2, 0.25) is 0 Å². The number of carboxylic acid groups (broad SMARTS) is 1. The molecule has 0 aliphatic rings. The number of pyridine rings is 1. The molecule has 2 aromatic carbocycles. The van der Waals surface area contributed by atoms with Crippen LogP contribution >= 0.6 is 0 Å². The molecule has 0 aliphatic heterocycles. The number of amides is 1. The van der Waals surface area contributed by atoms with Crippen LogP contribution < -0.4 is 0 Å². The molecule has 2 aromatic heterocycles. The molecule has 0 saturated heterocycles. The van der Waals surface area contributed by atoms with Crippen LogP contribution in [0.3, 0.4) is 0 Å². The van der Waals surface area contributed by atoms with Crippen LogP contribution in [-0.2, 0) is 15.4 Å². The van der Waals surface area contributed by atoms with E-state index in [4.69, 9.17) is 4.98 Å². The second-order valence-electron chi connectivity index (χ2n) is 10.2. The van der Waals surface area contributed by atoms with Crippen LogP contribution in [0.15, 0.2) is 53.4 Å². The number of rotatable bonds is 5. The lowest BCUT2D eigenvalue weighted by Gasteiger charge is -2.21. The van der Waals surface area contributed by atoms with Gasteiger partial charge in [0, 0.05) is 28.9 Å². The molecule has 0 spiro atoms. The van der Waals surface area contributed by atoms with E-state index in [9.17, 15) is 18.3 Å². The Bertz CT molecular complexity index is 1610. The Kier molecular flexibility index (Phi) is 6.62. The third kappa shape index (κ3) is 4.71. The van der Waals surface area contributed by atoms with E-state index >= 15 is 0 Å². The third-order valence-electron chi connectivity index (χ3n) is 6.26. The van der Waals surface area contributed by atoms with Crippen LogP contribution in [0, 0.1) is 20.8 Å². The summed E-state index contributed by atoms with van der Waals surface area (Å²) in [7, 11) is -4.25. The van der Waals surface area contributed by atoms with Gasteiger partial charge in [-0.25, -0.2) is 22.5 Å². The second kappa shape index (κ2) is 9.30. The summed E-state index contributed by atoms with van der Waals surface area (Å²) in [6, 6.07) is 14.5. The highest BCUT2D eigenvalue weighted by atomic mass is 32.2. The molecule has 1 amide bonds. The molecular formula is C28H32N4O4S. The predicted octanol–water partition coefficient (Wildman–Crippen LogP) is 6.00. The lowest BCUT2D eigenvalue weighted by atomic mass is 9.95. The number of nitrogens with zero attached hydrogens (tertiary/aromatic N) is 4. The Morgan fingerprint density at radius 1 is 1.00 bits per heavy atom. The largest absolute Gasteiger partial charge is 0.464 e. The van der Waals surface area contributed by atoms with E-state index in [1.165, 1.54) is 13.0 Å². The molecule has 0 bridgehead atoms. The fourth-order valence-electron chi connectivity index (χ4n) is 4.56.